The van der Waals surface area contributed by atoms with Gasteiger partial charge in [0.15, 0.2) is 0 Å². The SMILES string of the molecule is c1ccc(Cc2ccc3c(c2)NCCC3)cc1. The molecule has 1 aliphatic rings. The molecule has 0 aliphatic carbocycles. The van der Waals surface area contributed by atoms with Gasteiger partial charge in [-0.2, -0.15) is 0 Å². The lowest BCUT2D eigenvalue weighted by Crippen LogP contribution is -2.11. The summed E-state index contributed by atoms with van der Waals surface area (Å²) in [4.78, 5) is 0. The van der Waals surface area contributed by atoms with Gasteiger partial charge in [0.25, 0.3) is 0 Å². The fraction of sp³-hybridized carbons (Fsp3) is 0.250. The van der Waals surface area contributed by atoms with Crippen LogP contribution in [0.5, 0.6) is 0 Å². The molecule has 1 N–H and O–H groups in total. The molecule has 0 unspecified atom stereocenters. The molecular weight excluding hydrogens is 206 g/mol. The minimum atomic E-state index is 1.02. The smallest absolute Gasteiger partial charge is 0.0375 e. The van der Waals surface area contributed by atoms with E-state index in [9.17, 15) is 0 Å². The largest absolute Gasteiger partial charge is 0.385 e. The van der Waals surface area contributed by atoms with Crippen molar-refractivity contribution in [2.45, 2.75) is 19.3 Å². The van der Waals surface area contributed by atoms with Crippen LogP contribution in [0.4, 0.5) is 5.69 Å². The number of hydrogen-bond acceptors (Lipinski definition) is 1. The van der Waals surface area contributed by atoms with E-state index >= 15 is 0 Å². The number of rotatable bonds is 2. The van der Waals surface area contributed by atoms with Crippen LogP contribution in [0.3, 0.4) is 0 Å². The maximum atomic E-state index is 3.49. The van der Waals surface area contributed by atoms with Crippen molar-refractivity contribution in [2.24, 2.45) is 0 Å². The summed E-state index contributed by atoms with van der Waals surface area (Å²) in [5, 5.41) is 3.49. The van der Waals surface area contributed by atoms with Gasteiger partial charge in [0.05, 0.1) is 0 Å². The molecule has 17 heavy (non-hydrogen) atoms. The van der Waals surface area contributed by atoms with Gasteiger partial charge in [-0.05, 0) is 42.0 Å². The Morgan fingerprint density at radius 2 is 1.82 bits per heavy atom. The molecule has 0 radical (unpaired) electrons. The van der Waals surface area contributed by atoms with Crippen LogP contribution in [0.2, 0.25) is 0 Å². The Bertz CT molecular complexity index is 502. The van der Waals surface area contributed by atoms with Crippen LogP contribution < -0.4 is 5.32 Å². The lowest BCUT2D eigenvalue weighted by atomic mass is 9.98. The van der Waals surface area contributed by atoms with E-state index < -0.39 is 0 Å². The van der Waals surface area contributed by atoms with Gasteiger partial charge in [-0.3, -0.25) is 0 Å². The van der Waals surface area contributed by atoms with E-state index in [0.29, 0.717) is 0 Å². The molecule has 3 rings (SSSR count). The third-order valence-corrected chi connectivity index (χ3v) is 3.36. The zero-order chi connectivity index (χ0) is 11.5. The van der Waals surface area contributed by atoms with Crippen molar-refractivity contribution < 1.29 is 0 Å². The van der Waals surface area contributed by atoms with Gasteiger partial charge >= 0.3 is 0 Å². The highest BCUT2D eigenvalue weighted by atomic mass is 14.9. The Morgan fingerprint density at radius 1 is 0.941 bits per heavy atom. The summed E-state index contributed by atoms with van der Waals surface area (Å²) in [6, 6.07) is 17.5. The number of benzene rings is 2. The predicted molar refractivity (Wildman–Crippen MR) is 72.5 cm³/mol. The highest BCUT2D eigenvalue weighted by molar-refractivity contribution is 5.55. The molecule has 0 spiro atoms. The van der Waals surface area contributed by atoms with Crippen LogP contribution in [0.1, 0.15) is 23.1 Å². The van der Waals surface area contributed by atoms with E-state index in [-0.39, 0.29) is 0 Å². The molecule has 0 saturated carbocycles. The van der Waals surface area contributed by atoms with Crippen molar-refractivity contribution >= 4 is 5.69 Å². The molecule has 0 amide bonds. The first kappa shape index (κ1) is 10.4. The van der Waals surface area contributed by atoms with E-state index in [1.165, 1.54) is 35.2 Å². The summed E-state index contributed by atoms with van der Waals surface area (Å²) in [5.74, 6) is 0. The molecular formula is C16H17N. The maximum Gasteiger partial charge on any atom is 0.0375 e. The zero-order valence-corrected chi connectivity index (χ0v) is 9.95. The van der Waals surface area contributed by atoms with Gasteiger partial charge in [-0.25, -0.2) is 0 Å². The van der Waals surface area contributed by atoms with Crippen molar-refractivity contribution in [1.82, 2.24) is 0 Å². The molecule has 86 valence electrons. The van der Waals surface area contributed by atoms with Gasteiger partial charge in [0.2, 0.25) is 0 Å². The first-order chi connectivity index (χ1) is 8.42. The molecule has 1 nitrogen and oxygen atoms in total. The summed E-state index contributed by atoms with van der Waals surface area (Å²) >= 11 is 0. The summed E-state index contributed by atoms with van der Waals surface area (Å²) < 4.78 is 0. The first-order valence-corrected chi connectivity index (χ1v) is 6.31. The van der Waals surface area contributed by atoms with Gasteiger partial charge in [-0.15, -0.1) is 0 Å². The van der Waals surface area contributed by atoms with Gasteiger partial charge < -0.3 is 5.32 Å². The molecule has 0 saturated heterocycles. The normalized spacial score (nSPS) is 13.9. The molecule has 1 heteroatoms. The molecule has 0 fully saturated rings. The average molecular weight is 223 g/mol. The third kappa shape index (κ3) is 2.33. The second kappa shape index (κ2) is 4.62. The first-order valence-electron chi connectivity index (χ1n) is 6.31. The summed E-state index contributed by atoms with van der Waals surface area (Å²) in [5.41, 5.74) is 5.57. The lowest BCUT2D eigenvalue weighted by Gasteiger charge is -2.18. The Balaban J connectivity index is 1.84. The molecule has 0 atom stereocenters. The minimum Gasteiger partial charge on any atom is -0.385 e. The molecule has 2 aromatic carbocycles. The summed E-state index contributed by atoms with van der Waals surface area (Å²) in [6.45, 7) is 1.11. The maximum absolute atomic E-state index is 3.49. The van der Waals surface area contributed by atoms with Crippen molar-refractivity contribution in [3.05, 3.63) is 65.2 Å². The highest BCUT2D eigenvalue weighted by Crippen LogP contribution is 2.24. The molecule has 0 bridgehead atoms. The number of fused-ring (bicyclic) bond motifs is 1. The van der Waals surface area contributed by atoms with Crippen LogP contribution in [0.25, 0.3) is 0 Å². The van der Waals surface area contributed by atoms with Crippen molar-refractivity contribution in [1.29, 1.82) is 0 Å². The van der Waals surface area contributed by atoms with Crippen molar-refractivity contribution in [2.75, 3.05) is 11.9 Å². The van der Waals surface area contributed by atoms with Crippen LogP contribution >= 0.6 is 0 Å². The summed E-state index contributed by atoms with van der Waals surface area (Å²) in [6.07, 6.45) is 3.49. The quantitative estimate of drug-likeness (QED) is 0.819. The molecule has 1 aliphatic heterocycles. The van der Waals surface area contributed by atoms with Crippen molar-refractivity contribution in [3.63, 3.8) is 0 Å². The molecule has 0 aromatic heterocycles. The lowest BCUT2D eigenvalue weighted by molar-refractivity contribution is 0.829. The van der Waals surface area contributed by atoms with E-state index in [2.05, 4.69) is 53.8 Å². The fourth-order valence-corrected chi connectivity index (χ4v) is 2.45. The van der Waals surface area contributed by atoms with E-state index in [1.54, 1.807) is 0 Å². The summed E-state index contributed by atoms with van der Waals surface area (Å²) in [7, 11) is 0. The highest BCUT2D eigenvalue weighted by Gasteiger charge is 2.08. The van der Waals surface area contributed by atoms with Crippen LogP contribution in [0, 0.1) is 0 Å². The van der Waals surface area contributed by atoms with Crippen LogP contribution in [-0.4, -0.2) is 6.54 Å². The van der Waals surface area contributed by atoms with E-state index in [4.69, 9.17) is 0 Å². The molecule has 2 aromatic rings. The van der Waals surface area contributed by atoms with Crippen LogP contribution in [0.15, 0.2) is 48.5 Å². The van der Waals surface area contributed by atoms with E-state index in [1.807, 2.05) is 0 Å². The predicted octanol–water partition coefficient (Wildman–Crippen LogP) is 3.64. The average Bonchev–Trinajstić information content (AvgIpc) is 2.40. The number of hydrogen-bond donors (Lipinski definition) is 1. The van der Waals surface area contributed by atoms with Crippen LogP contribution in [-0.2, 0) is 12.8 Å². The number of aryl methyl sites for hydroxylation is 1. The van der Waals surface area contributed by atoms with Gasteiger partial charge in [0, 0.05) is 12.2 Å². The van der Waals surface area contributed by atoms with E-state index in [0.717, 1.165) is 13.0 Å². The molecule has 1 heterocycles. The monoisotopic (exact) mass is 223 g/mol. The Morgan fingerprint density at radius 3 is 2.71 bits per heavy atom. The van der Waals surface area contributed by atoms with Gasteiger partial charge in [0.1, 0.15) is 0 Å². The Labute approximate surface area is 102 Å². The topological polar surface area (TPSA) is 12.0 Å². The van der Waals surface area contributed by atoms with Gasteiger partial charge in [-0.1, -0.05) is 42.5 Å². The minimum absolute atomic E-state index is 1.02. The number of nitrogens with one attached hydrogen (secondary N) is 1. The second-order valence-electron chi connectivity index (χ2n) is 4.68. The fourth-order valence-electron chi connectivity index (χ4n) is 2.45. The Kier molecular flexibility index (Phi) is 2.83. The third-order valence-electron chi connectivity index (χ3n) is 3.36. The number of anilines is 1. The standard InChI is InChI=1S/C16H17N/c1-2-5-13(6-3-1)11-14-8-9-15-7-4-10-17-16(15)12-14/h1-3,5-6,8-9,12,17H,4,7,10-11H2. The zero-order valence-electron chi connectivity index (χ0n) is 9.95. The van der Waals surface area contributed by atoms with Crippen molar-refractivity contribution in [3.8, 4) is 0 Å². The Hall–Kier alpha value is -1.76. The second-order valence-corrected chi connectivity index (χ2v) is 4.68.